The molecule has 0 fully saturated rings. The molecule has 0 N–H and O–H groups in total. The molecular weight excluding hydrogens is 160 g/mol. The van der Waals surface area contributed by atoms with E-state index in [0.717, 1.165) is 16.9 Å². The number of aryl methyl sites for hydroxylation is 1. The van der Waals surface area contributed by atoms with Gasteiger partial charge >= 0.3 is 0 Å². The average Bonchev–Trinajstić information content (AvgIpc) is 2.03. The molecule has 0 aliphatic rings. The first-order valence-electron chi connectivity index (χ1n) is 4.37. The van der Waals surface area contributed by atoms with E-state index in [9.17, 15) is 0 Å². The predicted octanol–water partition coefficient (Wildman–Crippen LogP) is 2.76. The predicted molar refractivity (Wildman–Crippen MR) is 54.9 cm³/mol. The lowest BCUT2D eigenvalue weighted by Gasteiger charge is -2.10. The second-order valence-electron chi connectivity index (χ2n) is 3.29. The van der Waals surface area contributed by atoms with Crippen molar-refractivity contribution >= 4 is 0 Å². The van der Waals surface area contributed by atoms with Gasteiger partial charge in [-0.2, -0.15) is 0 Å². The Morgan fingerprint density at radius 1 is 1.38 bits per heavy atom. The highest BCUT2D eigenvalue weighted by molar-refractivity contribution is 5.43. The molecule has 0 aliphatic heterocycles. The minimum Gasteiger partial charge on any atom is -0.491 e. The van der Waals surface area contributed by atoms with E-state index < -0.39 is 0 Å². The van der Waals surface area contributed by atoms with E-state index in [2.05, 4.69) is 5.92 Å². The Morgan fingerprint density at radius 3 is 2.54 bits per heavy atom. The molecular formula is C12H14O. The number of ether oxygens (including phenoxy) is 1. The van der Waals surface area contributed by atoms with Crippen molar-refractivity contribution in [1.29, 1.82) is 0 Å². The normalized spacial score (nSPS) is 9.77. The van der Waals surface area contributed by atoms with Crippen molar-refractivity contribution in [3.8, 4) is 18.1 Å². The summed E-state index contributed by atoms with van der Waals surface area (Å²) in [5, 5.41) is 0. The van der Waals surface area contributed by atoms with Gasteiger partial charge in [0.25, 0.3) is 0 Å². The molecule has 0 unspecified atom stereocenters. The van der Waals surface area contributed by atoms with Crippen LogP contribution in [0.25, 0.3) is 0 Å². The Bertz CT molecular complexity index is 331. The van der Waals surface area contributed by atoms with Crippen molar-refractivity contribution < 1.29 is 4.74 Å². The molecule has 1 nitrogen and oxygen atoms in total. The van der Waals surface area contributed by atoms with E-state index in [1.54, 1.807) is 0 Å². The van der Waals surface area contributed by atoms with Gasteiger partial charge < -0.3 is 4.74 Å². The van der Waals surface area contributed by atoms with Crippen LogP contribution >= 0.6 is 0 Å². The fourth-order valence-corrected chi connectivity index (χ4v) is 1.14. The lowest BCUT2D eigenvalue weighted by molar-refractivity contribution is 0.242. The van der Waals surface area contributed by atoms with E-state index in [1.165, 1.54) is 0 Å². The first-order chi connectivity index (χ1) is 6.13. The zero-order valence-corrected chi connectivity index (χ0v) is 8.29. The van der Waals surface area contributed by atoms with Crippen LogP contribution in [0.4, 0.5) is 0 Å². The minimum atomic E-state index is 0.205. The fourth-order valence-electron chi connectivity index (χ4n) is 1.14. The van der Waals surface area contributed by atoms with Crippen LogP contribution in [0, 0.1) is 19.3 Å². The first kappa shape index (κ1) is 9.67. The number of hydrogen-bond acceptors (Lipinski definition) is 1. The second kappa shape index (κ2) is 4.00. The topological polar surface area (TPSA) is 9.23 Å². The highest BCUT2D eigenvalue weighted by atomic mass is 16.5. The quantitative estimate of drug-likeness (QED) is 0.626. The van der Waals surface area contributed by atoms with Crippen LogP contribution in [-0.4, -0.2) is 6.10 Å². The molecule has 0 aliphatic carbocycles. The van der Waals surface area contributed by atoms with Crippen LogP contribution in [0.2, 0.25) is 0 Å². The molecule has 0 radical (unpaired) electrons. The maximum absolute atomic E-state index is 5.53. The summed E-state index contributed by atoms with van der Waals surface area (Å²) in [7, 11) is 0. The zero-order valence-electron chi connectivity index (χ0n) is 8.29. The van der Waals surface area contributed by atoms with Gasteiger partial charge in [0.15, 0.2) is 0 Å². The Labute approximate surface area is 79.7 Å². The number of rotatable bonds is 2. The minimum absolute atomic E-state index is 0.205. The van der Waals surface area contributed by atoms with E-state index in [1.807, 2.05) is 39.0 Å². The fraction of sp³-hybridized carbons (Fsp3) is 0.333. The summed E-state index contributed by atoms with van der Waals surface area (Å²) < 4.78 is 5.53. The van der Waals surface area contributed by atoms with Crippen molar-refractivity contribution in [2.75, 3.05) is 0 Å². The molecule has 1 rings (SSSR count). The van der Waals surface area contributed by atoms with Crippen molar-refractivity contribution in [2.45, 2.75) is 26.9 Å². The summed E-state index contributed by atoms with van der Waals surface area (Å²) in [4.78, 5) is 0. The molecule has 1 aromatic carbocycles. The van der Waals surface area contributed by atoms with Gasteiger partial charge in [-0.05, 0) is 44.5 Å². The summed E-state index contributed by atoms with van der Waals surface area (Å²) in [6, 6.07) is 5.78. The molecule has 13 heavy (non-hydrogen) atoms. The van der Waals surface area contributed by atoms with E-state index in [0.29, 0.717) is 0 Å². The molecule has 0 bridgehead atoms. The van der Waals surface area contributed by atoms with Gasteiger partial charge in [0.05, 0.1) is 6.10 Å². The molecule has 1 heteroatoms. The third-order valence-electron chi connectivity index (χ3n) is 1.73. The Kier molecular flexibility index (Phi) is 2.97. The standard InChI is InChI=1S/C12H14O/c1-5-11-6-7-12(8-10(11)4)13-9(2)3/h1,6-9H,2-4H3. The Hall–Kier alpha value is -1.42. The van der Waals surface area contributed by atoms with Crippen molar-refractivity contribution in [2.24, 2.45) is 0 Å². The number of hydrogen-bond donors (Lipinski definition) is 0. The van der Waals surface area contributed by atoms with Gasteiger partial charge in [-0.25, -0.2) is 0 Å². The second-order valence-corrected chi connectivity index (χ2v) is 3.29. The molecule has 0 atom stereocenters. The largest absolute Gasteiger partial charge is 0.491 e. The van der Waals surface area contributed by atoms with Crippen molar-refractivity contribution in [3.05, 3.63) is 29.3 Å². The van der Waals surface area contributed by atoms with E-state index in [4.69, 9.17) is 11.2 Å². The van der Waals surface area contributed by atoms with Gasteiger partial charge in [-0.1, -0.05) is 5.92 Å². The summed E-state index contributed by atoms with van der Waals surface area (Å²) in [5.41, 5.74) is 2.01. The smallest absolute Gasteiger partial charge is 0.120 e. The van der Waals surface area contributed by atoms with Gasteiger partial charge in [-0.3, -0.25) is 0 Å². The van der Waals surface area contributed by atoms with Crippen LogP contribution in [0.1, 0.15) is 25.0 Å². The third kappa shape index (κ3) is 2.52. The van der Waals surface area contributed by atoms with Crippen molar-refractivity contribution in [1.82, 2.24) is 0 Å². The average molecular weight is 174 g/mol. The molecule has 68 valence electrons. The molecule has 0 saturated heterocycles. The van der Waals surface area contributed by atoms with E-state index in [-0.39, 0.29) is 6.10 Å². The molecule has 0 aromatic heterocycles. The van der Waals surface area contributed by atoms with Crippen LogP contribution in [0.3, 0.4) is 0 Å². The number of terminal acetylenes is 1. The van der Waals surface area contributed by atoms with Crippen LogP contribution in [0.5, 0.6) is 5.75 Å². The maximum atomic E-state index is 5.53. The molecule has 0 saturated carbocycles. The summed E-state index contributed by atoms with van der Waals surface area (Å²) in [5.74, 6) is 3.50. The summed E-state index contributed by atoms with van der Waals surface area (Å²) >= 11 is 0. The van der Waals surface area contributed by atoms with E-state index >= 15 is 0 Å². The lowest BCUT2D eigenvalue weighted by atomic mass is 10.1. The monoisotopic (exact) mass is 174 g/mol. The van der Waals surface area contributed by atoms with Gasteiger partial charge in [0, 0.05) is 5.56 Å². The zero-order chi connectivity index (χ0) is 9.84. The lowest BCUT2D eigenvalue weighted by Crippen LogP contribution is -2.05. The first-order valence-corrected chi connectivity index (χ1v) is 4.37. The molecule has 0 amide bonds. The highest BCUT2D eigenvalue weighted by Gasteiger charge is 1.99. The summed E-state index contributed by atoms with van der Waals surface area (Å²) in [6.07, 6.45) is 5.52. The van der Waals surface area contributed by atoms with Gasteiger partial charge in [-0.15, -0.1) is 6.42 Å². The van der Waals surface area contributed by atoms with Crippen LogP contribution in [0.15, 0.2) is 18.2 Å². The SMILES string of the molecule is C#Cc1ccc(OC(C)C)cc1C. The highest BCUT2D eigenvalue weighted by Crippen LogP contribution is 2.17. The van der Waals surface area contributed by atoms with Crippen LogP contribution in [-0.2, 0) is 0 Å². The molecule has 0 heterocycles. The Balaban J connectivity index is 2.91. The maximum Gasteiger partial charge on any atom is 0.120 e. The van der Waals surface area contributed by atoms with Gasteiger partial charge in [0.1, 0.15) is 5.75 Å². The Morgan fingerprint density at radius 2 is 2.08 bits per heavy atom. The number of benzene rings is 1. The third-order valence-corrected chi connectivity index (χ3v) is 1.73. The molecule has 0 spiro atoms. The van der Waals surface area contributed by atoms with Crippen molar-refractivity contribution in [3.63, 3.8) is 0 Å². The summed E-state index contributed by atoms with van der Waals surface area (Å²) in [6.45, 7) is 6.00. The van der Waals surface area contributed by atoms with Crippen LogP contribution < -0.4 is 4.74 Å². The molecule has 1 aromatic rings. The van der Waals surface area contributed by atoms with Gasteiger partial charge in [0.2, 0.25) is 0 Å².